The third-order valence-corrected chi connectivity index (χ3v) is 2.97. The van der Waals surface area contributed by atoms with Crippen LogP contribution in [-0.4, -0.2) is 18.2 Å². The minimum Gasteiger partial charge on any atom is -0.494 e. The Morgan fingerprint density at radius 2 is 2.10 bits per heavy atom. The van der Waals surface area contributed by atoms with Gasteiger partial charge in [0.15, 0.2) is 0 Å². The first-order chi connectivity index (χ1) is 9.78. The fourth-order valence-corrected chi connectivity index (χ4v) is 2.06. The molecule has 1 aromatic carbocycles. The smallest absolute Gasteiger partial charge is 0.253 e. The molecule has 0 spiro atoms. The van der Waals surface area contributed by atoms with E-state index in [1.54, 1.807) is 18.4 Å². The van der Waals surface area contributed by atoms with Gasteiger partial charge in [-0.15, -0.1) is 0 Å². The Hall–Kier alpha value is -2.56. The summed E-state index contributed by atoms with van der Waals surface area (Å²) in [5.74, 6) is 1.34. The van der Waals surface area contributed by atoms with Gasteiger partial charge in [-0.3, -0.25) is 4.79 Å². The third-order valence-electron chi connectivity index (χ3n) is 2.97. The molecule has 0 aliphatic carbocycles. The molecule has 1 aliphatic rings. The maximum atomic E-state index is 12.0. The summed E-state index contributed by atoms with van der Waals surface area (Å²) in [4.78, 5) is 12.0. The van der Waals surface area contributed by atoms with Crippen molar-refractivity contribution in [3.63, 3.8) is 0 Å². The van der Waals surface area contributed by atoms with Crippen LogP contribution in [0.15, 0.2) is 52.2 Å². The lowest BCUT2D eigenvalue weighted by Gasteiger charge is -2.12. The van der Waals surface area contributed by atoms with Crippen LogP contribution in [0, 0.1) is 0 Å². The summed E-state index contributed by atoms with van der Waals surface area (Å²) < 4.78 is 10.6. The van der Waals surface area contributed by atoms with E-state index in [-0.39, 0.29) is 12.3 Å². The first kappa shape index (κ1) is 12.5. The summed E-state index contributed by atoms with van der Waals surface area (Å²) in [6.07, 6.45) is 1.82. The van der Waals surface area contributed by atoms with Gasteiger partial charge in [-0.05, 0) is 43.3 Å². The van der Waals surface area contributed by atoms with Gasteiger partial charge in [0.25, 0.3) is 5.91 Å². The van der Waals surface area contributed by atoms with Gasteiger partial charge in [0.2, 0.25) is 0 Å². The second-order valence-electron chi connectivity index (χ2n) is 4.33. The van der Waals surface area contributed by atoms with Gasteiger partial charge < -0.3 is 9.15 Å². The number of hydrogen-bond acceptors (Lipinski definition) is 4. The van der Waals surface area contributed by atoms with Crippen LogP contribution in [0.5, 0.6) is 5.75 Å². The molecule has 0 bridgehead atoms. The number of carbonyl (C=O) groups is 1. The number of hydrogen-bond donors (Lipinski definition) is 0. The van der Waals surface area contributed by atoms with E-state index >= 15 is 0 Å². The van der Waals surface area contributed by atoms with Crippen molar-refractivity contribution < 1.29 is 13.9 Å². The monoisotopic (exact) mass is 270 g/mol. The van der Waals surface area contributed by atoms with Crippen LogP contribution in [0.3, 0.4) is 0 Å². The number of amides is 1. The Kier molecular flexibility index (Phi) is 3.25. The molecule has 2 heterocycles. The Labute approximate surface area is 116 Å². The van der Waals surface area contributed by atoms with E-state index in [0.717, 1.165) is 11.4 Å². The number of rotatable bonds is 4. The molecule has 1 amide bonds. The molecule has 0 saturated heterocycles. The highest BCUT2D eigenvalue weighted by Gasteiger charge is 2.27. The summed E-state index contributed by atoms with van der Waals surface area (Å²) in [6.45, 7) is 2.54. The summed E-state index contributed by atoms with van der Waals surface area (Å²) in [6, 6.07) is 10.9. The molecule has 20 heavy (non-hydrogen) atoms. The number of anilines is 1. The van der Waals surface area contributed by atoms with Crippen molar-refractivity contribution in [2.24, 2.45) is 5.10 Å². The number of nitrogens with zero attached hydrogens (tertiary/aromatic N) is 2. The second kappa shape index (κ2) is 5.21. The molecule has 0 unspecified atom stereocenters. The maximum Gasteiger partial charge on any atom is 0.253 e. The lowest BCUT2D eigenvalue weighted by molar-refractivity contribution is -0.116. The molecule has 0 N–H and O–H groups in total. The Balaban J connectivity index is 1.84. The quantitative estimate of drug-likeness (QED) is 0.858. The van der Waals surface area contributed by atoms with E-state index in [0.29, 0.717) is 18.1 Å². The average Bonchev–Trinajstić information content (AvgIpc) is 3.09. The molecule has 2 aromatic rings. The number of ether oxygens (including phenoxy) is 1. The Bertz CT molecular complexity index is 630. The number of benzene rings is 1. The fourth-order valence-electron chi connectivity index (χ4n) is 2.06. The normalized spacial score (nSPS) is 14.6. The molecular formula is C15H14N2O3. The summed E-state index contributed by atoms with van der Waals surface area (Å²) in [7, 11) is 0. The molecule has 3 rings (SSSR count). The number of carbonyl (C=O) groups excluding carboxylic acids is 1. The minimum atomic E-state index is -0.0689. The van der Waals surface area contributed by atoms with E-state index in [4.69, 9.17) is 9.15 Å². The van der Waals surface area contributed by atoms with Crippen LogP contribution in [0.25, 0.3) is 0 Å². The van der Waals surface area contributed by atoms with Crippen LogP contribution >= 0.6 is 0 Å². The van der Waals surface area contributed by atoms with Gasteiger partial charge in [0, 0.05) is 0 Å². The van der Waals surface area contributed by atoms with Crippen LogP contribution in [-0.2, 0) is 4.79 Å². The van der Waals surface area contributed by atoms with Crippen molar-refractivity contribution in [2.75, 3.05) is 11.6 Å². The fraction of sp³-hybridized carbons (Fsp3) is 0.200. The summed E-state index contributed by atoms with van der Waals surface area (Å²) >= 11 is 0. The Morgan fingerprint density at radius 3 is 2.75 bits per heavy atom. The van der Waals surface area contributed by atoms with Gasteiger partial charge in [-0.2, -0.15) is 5.10 Å². The molecule has 0 fully saturated rings. The first-order valence-electron chi connectivity index (χ1n) is 6.45. The zero-order valence-electron chi connectivity index (χ0n) is 11.1. The first-order valence-corrected chi connectivity index (χ1v) is 6.45. The predicted molar refractivity (Wildman–Crippen MR) is 75.0 cm³/mol. The van der Waals surface area contributed by atoms with Crippen LogP contribution in [0.1, 0.15) is 19.1 Å². The zero-order chi connectivity index (χ0) is 13.9. The van der Waals surface area contributed by atoms with Crippen molar-refractivity contribution in [1.82, 2.24) is 0 Å². The third kappa shape index (κ3) is 2.30. The number of furan rings is 1. The summed E-state index contributed by atoms with van der Waals surface area (Å²) in [5, 5.41) is 5.72. The van der Waals surface area contributed by atoms with E-state index < -0.39 is 0 Å². The largest absolute Gasteiger partial charge is 0.494 e. The van der Waals surface area contributed by atoms with Crippen molar-refractivity contribution in [3.8, 4) is 5.75 Å². The highest BCUT2D eigenvalue weighted by atomic mass is 16.5. The molecule has 102 valence electrons. The zero-order valence-corrected chi connectivity index (χ0v) is 11.1. The summed E-state index contributed by atoms with van der Waals surface area (Å²) in [5.41, 5.74) is 1.37. The molecule has 0 radical (unpaired) electrons. The van der Waals surface area contributed by atoms with E-state index in [1.165, 1.54) is 5.01 Å². The molecule has 5 nitrogen and oxygen atoms in total. The van der Waals surface area contributed by atoms with Crippen molar-refractivity contribution in [1.29, 1.82) is 0 Å². The van der Waals surface area contributed by atoms with Crippen LogP contribution < -0.4 is 9.75 Å². The molecule has 0 atom stereocenters. The van der Waals surface area contributed by atoms with Crippen LogP contribution in [0.2, 0.25) is 0 Å². The van der Waals surface area contributed by atoms with Gasteiger partial charge in [-0.1, -0.05) is 0 Å². The van der Waals surface area contributed by atoms with Gasteiger partial charge in [-0.25, -0.2) is 5.01 Å². The molecule has 1 aromatic heterocycles. The minimum absolute atomic E-state index is 0.0689. The molecule has 0 saturated carbocycles. The van der Waals surface area contributed by atoms with Crippen LogP contribution in [0.4, 0.5) is 5.69 Å². The van der Waals surface area contributed by atoms with E-state index in [9.17, 15) is 4.79 Å². The van der Waals surface area contributed by atoms with E-state index in [2.05, 4.69) is 5.10 Å². The standard InChI is InChI=1S/C15H14N2O3/c1-2-19-12-7-5-11(6-8-12)17-15(18)10-13(16-17)14-4-3-9-20-14/h3-9H,2,10H2,1H3. The molecule has 1 aliphatic heterocycles. The SMILES string of the molecule is CCOc1ccc(N2N=C(c3ccco3)CC2=O)cc1. The number of hydrazone groups is 1. The lowest BCUT2D eigenvalue weighted by atomic mass is 10.2. The topological polar surface area (TPSA) is 55.0 Å². The molecular weight excluding hydrogens is 256 g/mol. The molecule has 5 heteroatoms. The highest BCUT2D eigenvalue weighted by molar-refractivity contribution is 6.18. The maximum absolute atomic E-state index is 12.0. The predicted octanol–water partition coefficient (Wildman–Crippen LogP) is 2.82. The van der Waals surface area contributed by atoms with Crippen molar-refractivity contribution in [2.45, 2.75) is 13.3 Å². The van der Waals surface area contributed by atoms with Gasteiger partial charge in [0.1, 0.15) is 17.2 Å². The van der Waals surface area contributed by atoms with Gasteiger partial charge >= 0.3 is 0 Å². The second-order valence-corrected chi connectivity index (χ2v) is 4.33. The van der Waals surface area contributed by atoms with E-state index in [1.807, 2.05) is 31.2 Å². The van der Waals surface area contributed by atoms with Gasteiger partial charge in [0.05, 0.1) is 25.0 Å². The van der Waals surface area contributed by atoms with Crippen molar-refractivity contribution in [3.05, 3.63) is 48.4 Å². The Morgan fingerprint density at radius 1 is 1.30 bits per heavy atom. The average molecular weight is 270 g/mol. The highest BCUT2D eigenvalue weighted by Crippen LogP contribution is 2.25. The van der Waals surface area contributed by atoms with Crippen molar-refractivity contribution >= 4 is 17.3 Å². The lowest BCUT2D eigenvalue weighted by Crippen LogP contribution is -2.19.